The van der Waals surface area contributed by atoms with E-state index >= 15 is 0 Å². The zero-order chi connectivity index (χ0) is 10.0. The van der Waals surface area contributed by atoms with Crippen LogP contribution < -0.4 is 0 Å². The SMILES string of the molecule is COC1(C(O)CC2CCC2)CCCC1. The minimum atomic E-state index is -0.222. The van der Waals surface area contributed by atoms with E-state index in [0.717, 1.165) is 25.2 Å². The molecule has 2 fully saturated rings. The molecule has 2 saturated carbocycles. The molecular weight excluding hydrogens is 176 g/mol. The molecule has 0 aromatic heterocycles. The van der Waals surface area contributed by atoms with Gasteiger partial charge in [-0.05, 0) is 25.2 Å². The molecular formula is C12H22O2. The van der Waals surface area contributed by atoms with Gasteiger partial charge in [-0.1, -0.05) is 32.1 Å². The lowest BCUT2D eigenvalue weighted by molar-refractivity contribution is -0.108. The van der Waals surface area contributed by atoms with Crippen LogP contribution in [0.5, 0.6) is 0 Å². The summed E-state index contributed by atoms with van der Waals surface area (Å²) in [6.45, 7) is 0. The first kappa shape index (κ1) is 10.4. The van der Waals surface area contributed by atoms with Crippen LogP contribution in [0, 0.1) is 5.92 Å². The summed E-state index contributed by atoms with van der Waals surface area (Å²) in [5, 5.41) is 10.2. The summed E-state index contributed by atoms with van der Waals surface area (Å²) in [6.07, 6.45) is 9.28. The van der Waals surface area contributed by atoms with Crippen LogP contribution >= 0.6 is 0 Å². The van der Waals surface area contributed by atoms with Crippen LogP contribution in [0.2, 0.25) is 0 Å². The Kier molecular flexibility index (Phi) is 3.13. The predicted molar refractivity (Wildman–Crippen MR) is 56.2 cm³/mol. The summed E-state index contributed by atoms with van der Waals surface area (Å²) in [4.78, 5) is 0. The fourth-order valence-electron chi connectivity index (χ4n) is 2.91. The van der Waals surface area contributed by atoms with Crippen LogP contribution in [0.15, 0.2) is 0 Å². The van der Waals surface area contributed by atoms with Gasteiger partial charge < -0.3 is 9.84 Å². The molecule has 0 aliphatic heterocycles. The highest BCUT2D eigenvalue weighted by Crippen LogP contribution is 2.40. The molecule has 2 aliphatic rings. The highest BCUT2D eigenvalue weighted by atomic mass is 16.5. The number of aliphatic hydroxyl groups is 1. The molecule has 1 unspecified atom stereocenters. The third-order valence-electron chi connectivity index (χ3n) is 4.25. The Morgan fingerprint density at radius 3 is 2.36 bits per heavy atom. The van der Waals surface area contributed by atoms with Gasteiger partial charge in [0.2, 0.25) is 0 Å². The van der Waals surface area contributed by atoms with Crippen LogP contribution in [-0.4, -0.2) is 23.9 Å². The maximum absolute atomic E-state index is 10.2. The third kappa shape index (κ3) is 1.82. The molecule has 14 heavy (non-hydrogen) atoms. The molecule has 0 spiro atoms. The largest absolute Gasteiger partial charge is 0.390 e. The molecule has 2 aliphatic carbocycles. The highest BCUT2D eigenvalue weighted by Gasteiger charge is 2.41. The molecule has 82 valence electrons. The quantitative estimate of drug-likeness (QED) is 0.752. The first-order valence-corrected chi connectivity index (χ1v) is 6.00. The lowest BCUT2D eigenvalue weighted by Crippen LogP contribution is -2.43. The van der Waals surface area contributed by atoms with Crippen LogP contribution in [0.3, 0.4) is 0 Å². The van der Waals surface area contributed by atoms with Crippen molar-refractivity contribution < 1.29 is 9.84 Å². The lowest BCUT2D eigenvalue weighted by Gasteiger charge is -2.37. The van der Waals surface area contributed by atoms with E-state index in [4.69, 9.17) is 4.74 Å². The van der Waals surface area contributed by atoms with E-state index in [1.807, 2.05) is 0 Å². The van der Waals surface area contributed by atoms with Crippen LogP contribution in [0.1, 0.15) is 51.4 Å². The maximum atomic E-state index is 10.2. The summed E-state index contributed by atoms with van der Waals surface area (Å²) in [7, 11) is 1.76. The number of aliphatic hydroxyl groups excluding tert-OH is 1. The van der Waals surface area contributed by atoms with Crippen molar-refractivity contribution in [1.82, 2.24) is 0 Å². The van der Waals surface area contributed by atoms with E-state index in [1.54, 1.807) is 7.11 Å². The van der Waals surface area contributed by atoms with Gasteiger partial charge in [-0.25, -0.2) is 0 Å². The first-order valence-electron chi connectivity index (χ1n) is 6.00. The molecule has 1 atom stereocenters. The highest BCUT2D eigenvalue weighted by molar-refractivity contribution is 4.94. The van der Waals surface area contributed by atoms with E-state index in [-0.39, 0.29) is 11.7 Å². The minimum absolute atomic E-state index is 0.185. The Labute approximate surface area is 86.6 Å². The van der Waals surface area contributed by atoms with E-state index in [0.29, 0.717) is 0 Å². The van der Waals surface area contributed by atoms with Crippen molar-refractivity contribution >= 4 is 0 Å². The average molecular weight is 198 g/mol. The van der Waals surface area contributed by atoms with Gasteiger partial charge in [-0.2, -0.15) is 0 Å². The number of rotatable bonds is 4. The maximum Gasteiger partial charge on any atom is 0.0936 e. The Hall–Kier alpha value is -0.0800. The van der Waals surface area contributed by atoms with E-state index in [2.05, 4.69) is 0 Å². The van der Waals surface area contributed by atoms with Crippen molar-refractivity contribution in [2.45, 2.75) is 63.1 Å². The molecule has 0 heterocycles. The molecule has 0 saturated heterocycles. The van der Waals surface area contributed by atoms with Crippen LogP contribution in [0.25, 0.3) is 0 Å². The minimum Gasteiger partial charge on any atom is -0.390 e. The smallest absolute Gasteiger partial charge is 0.0936 e. The Morgan fingerprint density at radius 1 is 1.29 bits per heavy atom. The van der Waals surface area contributed by atoms with Crippen molar-refractivity contribution in [1.29, 1.82) is 0 Å². The number of ether oxygens (including phenoxy) is 1. The van der Waals surface area contributed by atoms with Gasteiger partial charge in [0.05, 0.1) is 11.7 Å². The normalized spacial score (nSPS) is 28.7. The van der Waals surface area contributed by atoms with Gasteiger partial charge in [0.25, 0.3) is 0 Å². The number of hydrogen-bond donors (Lipinski definition) is 1. The molecule has 2 heteroatoms. The van der Waals surface area contributed by atoms with E-state index < -0.39 is 0 Å². The summed E-state index contributed by atoms with van der Waals surface area (Å²) in [6, 6.07) is 0. The van der Waals surface area contributed by atoms with Crippen molar-refractivity contribution in [2.24, 2.45) is 5.92 Å². The van der Waals surface area contributed by atoms with Gasteiger partial charge in [0.1, 0.15) is 0 Å². The first-order chi connectivity index (χ1) is 6.77. The van der Waals surface area contributed by atoms with Crippen LogP contribution in [0.4, 0.5) is 0 Å². The van der Waals surface area contributed by atoms with Crippen LogP contribution in [-0.2, 0) is 4.74 Å². The Balaban J connectivity index is 1.89. The Morgan fingerprint density at radius 2 is 1.93 bits per heavy atom. The fourth-order valence-corrected chi connectivity index (χ4v) is 2.91. The molecule has 0 bridgehead atoms. The van der Waals surface area contributed by atoms with Crippen molar-refractivity contribution in [3.05, 3.63) is 0 Å². The second-order valence-corrected chi connectivity index (χ2v) is 5.02. The molecule has 0 aromatic carbocycles. The van der Waals surface area contributed by atoms with Gasteiger partial charge >= 0.3 is 0 Å². The monoisotopic (exact) mass is 198 g/mol. The van der Waals surface area contributed by atoms with Gasteiger partial charge in [0.15, 0.2) is 0 Å². The second kappa shape index (κ2) is 4.19. The molecule has 0 amide bonds. The standard InChI is InChI=1S/C12H22O2/c1-14-12(7-2-3-8-12)11(13)9-10-5-4-6-10/h10-11,13H,2-9H2,1H3. The summed E-state index contributed by atoms with van der Waals surface area (Å²) in [5.74, 6) is 0.776. The predicted octanol–water partition coefficient (Wildman–Crippen LogP) is 2.50. The summed E-state index contributed by atoms with van der Waals surface area (Å²) < 4.78 is 5.58. The van der Waals surface area contributed by atoms with E-state index in [9.17, 15) is 5.11 Å². The van der Waals surface area contributed by atoms with Crippen molar-refractivity contribution in [3.63, 3.8) is 0 Å². The summed E-state index contributed by atoms with van der Waals surface area (Å²) >= 11 is 0. The van der Waals surface area contributed by atoms with Crippen molar-refractivity contribution in [2.75, 3.05) is 7.11 Å². The van der Waals surface area contributed by atoms with Gasteiger partial charge in [-0.3, -0.25) is 0 Å². The Bertz CT molecular complexity index is 181. The molecule has 0 aromatic rings. The second-order valence-electron chi connectivity index (χ2n) is 5.02. The lowest BCUT2D eigenvalue weighted by atomic mass is 9.77. The summed E-state index contributed by atoms with van der Waals surface area (Å²) in [5.41, 5.74) is -0.185. The van der Waals surface area contributed by atoms with Gasteiger partial charge in [0, 0.05) is 7.11 Å². The number of methoxy groups -OCH3 is 1. The topological polar surface area (TPSA) is 29.5 Å². The molecule has 0 radical (unpaired) electrons. The molecule has 1 N–H and O–H groups in total. The fraction of sp³-hybridized carbons (Fsp3) is 1.00. The third-order valence-corrected chi connectivity index (χ3v) is 4.25. The van der Waals surface area contributed by atoms with E-state index in [1.165, 1.54) is 32.1 Å². The molecule has 2 rings (SSSR count). The molecule has 2 nitrogen and oxygen atoms in total. The average Bonchev–Trinajstić information content (AvgIpc) is 2.60. The zero-order valence-electron chi connectivity index (χ0n) is 9.17. The van der Waals surface area contributed by atoms with Crippen molar-refractivity contribution in [3.8, 4) is 0 Å². The zero-order valence-corrected chi connectivity index (χ0v) is 9.17. The number of hydrogen-bond acceptors (Lipinski definition) is 2. The van der Waals surface area contributed by atoms with Gasteiger partial charge in [-0.15, -0.1) is 0 Å².